The van der Waals surface area contributed by atoms with Crippen molar-refractivity contribution in [1.29, 1.82) is 0 Å². The van der Waals surface area contributed by atoms with Crippen LogP contribution in [0.2, 0.25) is 10.0 Å². The van der Waals surface area contributed by atoms with Crippen LogP contribution in [-0.4, -0.2) is 18.2 Å². The summed E-state index contributed by atoms with van der Waals surface area (Å²) in [6.07, 6.45) is 1.58. The van der Waals surface area contributed by atoms with Gasteiger partial charge in [0.05, 0.1) is 11.4 Å². The Kier molecular flexibility index (Phi) is 5.99. The molecule has 154 valence electrons. The van der Waals surface area contributed by atoms with Crippen molar-refractivity contribution in [1.82, 2.24) is 9.78 Å². The van der Waals surface area contributed by atoms with Gasteiger partial charge < -0.3 is 0 Å². The number of anilines is 1. The molecule has 1 aromatic heterocycles. The predicted octanol–water partition coefficient (Wildman–Crippen LogP) is 5.58. The van der Waals surface area contributed by atoms with Gasteiger partial charge in [-0.05, 0) is 74.1 Å². The molecule has 0 saturated heterocycles. The number of halogens is 2. The Bertz CT molecular complexity index is 1170. The molecule has 5 nitrogen and oxygen atoms in total. The van der Waals surface area contributed by atoms with Gasteiger partial charge in [-0.3, -0.25) is 9.40 Å². The molecule has 2 aromatic carbocycles. The molecule has 3 aromatic rings. The van der Waals surface area contributed by atoms with Crippen molar-refractivity contribution >= 4 is 39.0 Å². The van der Waals surface area contributed by atoms with E-state index in [2.05, 4.69) is 9.82 Å². The molecular formula is C21H23Cl2N3O2S. The normalized spacial score (nSPS) is 11.7. The Hall–Kier alpha value is -2.02. The SMILES string of the molecule is Cc1c(C)c(C)c(S(=O)(=O)Nc2nn(Cc3ccccc3Cl)cc2Cl)c(C)c1C. The van der Waals surface area contributed by atoms with Gasteiger partial charge in [0, 0.05) is 11.2 Å². The van der Waals surface area contributed by atoms with Crippen LogP contribution in [0.3, 0.4) is 0 Å². The fourth-order valence-corrected chi connectivity index (χ4v) is 5.46. The largest absolute Gasteiger partial charge is 0.265 e. The van der Waals surface area contributed by atoms with E-state index in [1.54, 1.807) is 16.9 Å². The molecule has 0 bridgehead atoms. The Labute approximate surface area is 181 Å². The lowest BCUT2D eigenvalue weighted by molar-refractivity contribution is 0.599. The van der Waals surface area contributed by atoms with E-state index in [1.807, 2.05) is 52.8 Å². The zero-order valence-electron chi connectivity index (χ0n) is 17.0. The van der Waals surface area contributed by atoms with Crippen LogP contribution in [0.25, 0.3) is 0 Å². The van der Waals surface area contributed by atoms with Crippen molar-refractivity contribution in [3.05, 3.63) is 73.9 Å². The Morgan fingerprint density at radius 3 is 2.03 bits per heavy atom. The molecule has 0 spiro atoms. The molecule has 0 aliphatic heterocycles. The molecule has 8 heteroatoms. The van der Waals surface area contributed by atoms with Crippen molar-refractivity contribution in [2.24, 2.45) is 0 Å². The number of rotatable bonds is 5. The molecule has 0 aliphatic carbocycles. The highest BCUT2D eigenvalue weighted by molar-refractivity contribution is 7.92. The summed E-state index contributed by atoms with van der Waals surface area (Å²) in [5.74, 6) is 0.0911. The minimum absolute atomic E-state index is 0.0911. The minimum atomic E-state index is -3.86. The number of hydrogen-bond acceptors (Lipinski definition) is 3. The summed E-state index contributed by atoms with van der Waals surface area (Å²) in [5.41, 5.74) is 5.34. The van der Waals surface area contributed by atoms with Crippen molar-refractivity contribution in [3.63, 3.8) is 0 Å². The van der Waals surface area contributed by atoms with Gasteiger partial charge in [-0.25, -0.2) is 8.42 Å². The van der Waals surface area contributed by atoms with Crippen LogP contribution in [0.15, 0.2) is 35.4 Å². The quantitative estimate of drug-likeness (QED) is 0.550. The predicted molar refractivity (Wildman–Crippen MR) is 119 cm³/mol. The van der Waals surface area contributed by atoms with Crippen LogP contribution in [0.1, 0.15) is 33.4 Å². The molecule has 0 unspecified atom stereocenters. The second kappa shape index (κ2) is 8.01. The summed E-state index contributed by atoms with van der Waals surface area (Å²) in [4.78, 5) is 0.273. The molecule has 3 rings (SSSR count). The van der Waals surface area contributed by atoms with E-state index in [-0.39, 0.29) is 15.7 Å². The standard InChI is InChI=1S/C21H23Cl2N3O2S/c1-12-13(2)15(4)20(16(5)14(12)3)29(27,28)25-21-19(23)11-26(24-21)10-17-8-6-7-9-18(17)22/h6-9,11H,10H2,1-5H3,(H,24,25). The fraction of sp³-hybridized carbons (Fsp3) is 0.286. The number of hydrogen-bond donors (Lipinski definition) is 1. The second-order valence-electron chi connectivity index (χ2n) is 7.17. The summed E-state index contributed by atoms with van der Waals surface area (Å²) >= 11 is 12.5. The Morgan fingerprint density at radius 1 is 0.897 bits per heavy atom. The van der Waals surface area contributed by atoms with Gasteiger partial charge >= 0.3 is 0 Å². The molecule has 0 atom stereocenters. The topological polar surface area (TPSA) is 64.0 Å². The number of nitrogens with zero attached hydrogens (tertiary/aromatic N) is 2. The van der Waals surface area contributed by atoms with E-state index in [4.69, 9.17) is 23.2 Å². The third-order valence-corrected chi connectivity index (χ3v) is 7.70. The first kappa shape index (κ1) is 21.7. The molecular weight excluding hydrogens is 429 g/mol. The highest BCUT2D eigenvalue weighted by atomic mass is 35.5. The van der Waals surface area contributed by atoms with E-state index in [0.717, 1.165) is 33.4 Å². The monoisotopic (exact) mass is 451 g/mol. The lowest BCUT2D eigenvalue weighted by Crippen LogP contribution is -2.18. The summed E-state index contributed by atoms with van der Waals surface area (Å²) in [6.45, 7) is 9.88. The summed E-state index contributed by atoms with van der Waals surface area (Å²) < 4.78 is 30.5. The van der Waals surface area contributed by atoms with E-state index in [0.29, 0.717) is 11.6 Å². The van der Waals surface area contributed by atoms with Gasteiger partial charge in [0.1, 0.15) is 5.02 Å². The summed E-state index contributed by atoms with van der Waals surface area (Å²) in [5, 5.41) is 5.14. The minimum Gasteiger partial charge on any atom is -0.265 e. The van der Waals surface area contributed by atoms with Gasteiger partial charge in [-0.1, -0.05) is 41.4 Å². The van der Waals surface area contributed by atoms with Gasteiger partial charge in [0.15, 0.2) is 5.82 Å². The van der Waals surface area contributed by atoms with Gasteiger partial charge in [-0.15, -0.1) is 0 Å². The van der Waals surface area contributed by atoms with E-state index in [9.17, 15) is 8.42 Å². The van der Waals surface area contributed by atoms with Crippen LogP contribution in [0.4, 0.5) is 5.82 Å². The van der Waals surface area contributed by atoms with Gasteiger partial charge in [0.25, 0.3) is 10.0 Å². The first-order valence-corrected chi connectivity index (χ1v) is 11.3. The molecule has 0 saturated carbocycles. The molecule has 0 fully saturated rings. The maximum Gasteiger partial charge on any atom is 0.263 e. The third-order valence-electron chi connectivity index (χ3n) is 5.44. The number of benzene rings is 2. The maximum atomic E-state index is 13.2. The van der Waals surface area contributed by atoms with Crippen LogP contribution >= 0.6 is 23.2 Å². The smallest absolute Gasteiger partial charge is 0.263 e. The second-order valence-corrected chi connectivity index (χ2v) is 9.61. The average molecular weight is 452 g/mol. The highest BCUT2D eigenvalue weighted by Gasteiger charge is 2.25. The van der Waals surface area contributed by atoms with Crippen molar-refractivity contribution in [2.45, 2.75) is 46.1 Å². The fourth-order valence-electron chi connectivity index (χ4n) is 3.40. The number of sulfonamides is 1. The Balaban J connectivity index is 1.97. The summed E-state index contributed by atoms with van der Waals surface area (Å²) in [7, 11) is -3.86. The van der Waals surface area contributed by atoms with Crippen molar-refractivity contribution in [3.8, 4) is 0 Å². The first-order chi connectivity index (χ1) is 13.5. The lowest BCUT2D eigenvalue weighted by atomic mass is 9.95. The average Bonchev–Trinajstić information content (AvgIpc) is 2.98. The van der Waals surface area contributed by atoms with Crippen LogP contribution in [0, 0.1) is 34.6 Å². The molecule has 29 heavy (non-hydrogen) atoms. The molecule has 0 amide bonds. The van der Waals surface area contributed by atoms with Crippen LogP contribution < -0.4 is 4.72 Å². The number of nitrogens with one attached hydrogen (secondary N) is 1. The first-order valence-electron chi connectivity index (χ1n) is 9.09. The van der Waals surface area contributed by atoms with E-state index in [1.165, 1.54) is 0 Å². The highest BCUT2D eigenvalue weighted by Crippen LogP contribution is 2.32. The van der Waals surface area contributed by atoms with Crippen LogP contribution in [0.5, 0.6) is 0 Å². The Morgan fingerprint density at radius 2 is 1.45 bits per heavy atom. The summed E-state index contributed by atoms with van der Waals surface area (Å²) in [6, 6.07) is 7.40. The van der Waals surface area contributed by atoms with E-state index >= 15 is 0 Å². The lowest BCUT2D eigenvalue weighted by Gasteiger charge is -2.18. The molecule has 1 heterocycles. The van der Waals surface area contributed by atoms with Crippen molar-refractivity contribution < 1.29 is 8.42 Å². The van der Waals surface area contributed by atoms with E-state index < -0.39 is 10.0 Å². The molecule has 0 aliphatic rings. The third kappa shape index (κ3) is 4.15. The molecule has 1 N–H and O–H groups in total. The van der Waals surface area contributed by atoms with Crippen molar-refractivity contribution in [2.75, 3.05) is 4.72 Å². The zero-order valence-corrected chi connectivity index (χ0v) is 19.3. The van der Waals surface area contributed by atoms with Crippen LogP contribution in [-0.2, 0) is 16.6 Å². The number of aromatic nitrogens is 2. The maximum absolute atomic E-state index is 13.2. The zero-order chi connectivity index (χ0) is 21.5. The van der Waals surface area contributed by atoms with Gasteiger partial charge in [0.2, 0.25) is 0 Å². The van der Waals surface area contributed by atoms with Gasteiger partial charge in [-0.2, -0.15) is 5.10 Å². The molecule has 0 radical (unpaired) electrons.